The van der Waals surface area contributed by atoms with Gasteiger partial charge >= 0.3 is 0 Å². The minimum absolute atomic E-state index is 0.0197. The first-order chi connectivity index (χ1) is 9.70. The summed E-state index contributed by atoms with van der Waals surface area (Å²) in [6, 6.07) is 6.98. The van der Waals surface area contributed by atoms with E-state index in [9.17, 15) is 12.8 Å². The van der Waals surface area contributed by atoms with E-state index in [1.807, 2.05) is 22.6 Å². The second-order valence-electron chi connectivity index (χ2n) is 4.04. The summed E-state index contributed by atoms with van der Waals surface area (Å²) >= 11 is 10.7. The number of halogens is 4. The number of rotatable bonds is 3. The van der Waals surface area contributed by atoms with Crippen LogP contribution in [0.5, 0.6) is 0 Å². The van der Waals surface area contributed by atoms with Crippen LogP contribution in [0.3, 0.4) is 0 Å². The average molecular weight is 506 g/mol. The Labute approximate surface area is 148 Å². The van der Waals surface area contributed by atoms with Crippen LogP contribution in [-0.4, -0.2) is 8.42 Å². The van der Waals surface area contributed by atoms with Gasteiger partial charge in [-0.2, -0.15) is 0 Å². The summed E-state index contributed by atoms with van der Waals surface area (Å²) in [5.41, 5.74) is 6.00. The Morgan fingerprint density at radius 3 is 2.57 bits per heavy atom. The normalized spacial score (nSPS) is 11.4. The van der Waals surface area contributed by atoms with E-state index in [1.54, 1.807) is 6.07 Å². The maximum absolute atomic E-state index is 14.0. The molecule has 0 radical (unpaired) electrons. The first kappa shape index (κ1) is 16.8. The molecule has 0 aromatic heterocycles. The van der Waals surface area contributed by atoms with Gasteiger partial charge in [-0.3, -0.25) is 4.72 Å². The van der Waals surface area contributed by atoms with Gasteiger partial charge < -0.3 is 5.73 Å². The molecule has 0 amide bonds. The van der Waals surface area contributed by atoms with E-state index < -0.39 is 20.7 Å². The summed E-state index contributed by atoms with van der Waals surface area (Å²) < 4.78 is 41.5. The number of nitrogens with one attached hydrogen (secondary N) is 1. The molecular formula is C12H8BrClFIN2O2S. The van der Waals surface area contributed by atoms with Crippen molar-refractivity contribution in [3.63, 3.8) is 0 Å². The zero-order valence-corrected chi connectivity index (χ0v) is 15.5. The standard InChI is InChI=1S/C12H8BrClFIN2O2S/c13-8-4-7(17)5-11(12(8)15)21(19,20)18-10-2-1-6(14)3-9(10)16/h1-5,18H,17H2. The zero-order valence-electron chi connectivity index (χ0n) is 10.2. The lowest BCUT2D eigenvalue weighted by Crippen LogP contribution is -2.16. The van der Waals surface area contributed by atoms with Crippen LogP contribution in [0.1, 0.15) is 0 Å². The first-order valence-electron chi connectivity index (χ1n) is 5.43. The van der Waals surface area contributed by atoms with Crippen LogP contribution >= 0.6 is 50.1 Å². The Hall–Kier alpha value is -0.580. The molecule has 0 saturated carbocycles. The van der Waals surface area contributed by atoms with E-state index in [-0.39, 0.29) is 10.2 Å². The highest BCUT2D eigenvalue weighted by Crippen LogP contribution is 2.29. The summed E-state index contributed by atoms with van der Waals surface area (Å²) in [6.07, 6.45) is 0. The highest BCUT2D eigenvalue weighted by Gasteiger charge is 2.22. The van der Waals surface area contributed by atoms with Gasteiger partial charge in [-0.15, -0.1) is 0 Å². The largest absolute Gasteiger partial charge is 0.399 e. The van der Waals surface area contributed by atoms with Gasteiger partial charge in [-0.1, -0.05) is 11.6 Å². The molecule has 9 heteroatoms. The van der Waals surface area contributed by atoms with E-state index in [2.05, 4.69) is 20.7 Å². The summed E-state index contributed by atoms with van der Waals surface area (Å²) in [7, 11) is -4.11. The summed E-state index contributed by atoms with van der Waals surface area (Å²) in [5.74, 6) is -0.902. The van der Waals surface area contributed by atoms with Gasteiger partial charge in [-0.05, 0) is 68.9 Å². The molecule has 112 valence electrons. The molecule has 2 aromatic carbocycles. The fourth-order valence-corrected chi connectivity index (χ4v) is 4.56. The third-order valence-electron chi connectivity index (χ3n) is 2.48. The van der Waals surface area contributed by atoms with Crippen LogP contribution in [0.4, 0.5) is 15.8 Å². The van der Waals surface area contributed by atoms with Gasteiger partial charge in [0.05, 0.1) is 10.2 Å². The number of hydrogen-bond donors (Lipinski definition) is 2. The molecule has 0 saturated heterocycles. The van der Waals surface area contributed by atoms with Crippen molar-refractivity contribution < 1.29 is 12.8 Å². The third-order valence-corrected chi connectivity index (χ3v) is 5.55. The van der Waals surface area contributed by atoms with Gasteiger partial charge in [-0.25, -0.2) is 12.8 Å². The maximum Gasteiger partial charge on any atom is 0.264 e. The molecule has 0 atom stereocenters. The molecular weight excluding hydrogens is 497 g/mol. The van der Waals surface area contributed by atoms with Crippen molar-refractivity contribution in [3.05, 3.63) is 49.2 Å². The highest BCUT2D eigenvalue weighted by molar-refractivity contribution is 14.1. The van der Waals surface area contributed by atoms with Crippen molar-refractivity contribution in [2.75, 3.05) is 10.5 Å². The van der Waals surface area contributed by atoms with Gasteiger partial charge in [0.2, 0.25) is 0 Å². The molecule has 0 aliphatic rings. The second kappa shape index (κ2) is 6.27. The third kappa shape index (κ3) is 3.79. The van der Waals surface area contributed by atoms with Crippen molar-refractivity contribution in [2.45, 2.75) is 4.90 Å². The Morgan fingerprint density at radius 1 is 1.29 bits per heavy atom. The smallest absolute Gasteiger partial charge is 0.264 e. The van der Waals surface area contributed by atoms with Crippen molar-refractivity contribution in [3.8, 4) is 0 Å². The number of hydrogen-bond acceptors (Lipinski definition) is 3. The number of nitrogen functional groups attached to an aromatic ring is 1. The van der Waals surface area contributed by atoms with Gasteiger partial charge in [0, 0.05) is 14.3 Å². The minimum Gasteiger partial charge on any atom is -0.399 e. The molecule has 0 bridgehead atoms. The minimum atomic E-state index is -4.11. The quantitative estimate of drug-likeness (QED) is 0.485. The molecule has 0 heterocycles. The topological polar surface area (TPSA) is 72.2 Å². The number of sulfonamides is 1. The van der Waals surface area contributed by atoms with Crippen LogP contribution in [0.2, 0.25) is 5.02 Å². The lowest BCUT2D eigenvalue weighted by molar-refractivity contribution is 0.567. The molecule has 4 nitrogen and oxygen atoms in total. The number of benzene rings is 2. The molecule has 0 spiro atoms. The van der Waals surface area contributed by atoms with Crippen LogP contribution in [-0.2, 0) is 10.0 Å². The molecule has 0 aliphatic carbocycles. The van der Waals surface area contributed by atoms with E-state index in [1.165, 1.54) is 18.2 Å². The van der Waals surface area contributed by atoms with Crippen LogP contribution in [0.15, 0.2) is 39.7 Å². The number of nitrogens with two attached hydrogens (primary N) is 1. The molecule has 0 aliphatic heterocycles. The Kier molecular flexibility index (Phi) is 5.01. The lowest BCUT2D eigenvalue weighted by atomic mass is 10.3. The summed E-state index contributed by atoms with van der Waals surface area (Å²) in [4.78, 5) is -0.528. The molecule has 3 N–H and O–H groups in total. The Balaban J connectivity index is 2.48. The molecule has 2 rings (SSSR count). The fourth-order valence-electron chi connectivity index (χ4n) is 1.55. The Morgan fingerprint density at radius 2 is 1.95 bits per heavy atom. The van der Waals surface area contributed by atoms with E-state index >= 15 is 0 Å². The molecule has 0 unspecified atom stereocenters. The summed E-state index contributed by atoms with van der Waals surface area (Å²) in [6.45, 7) is 0. The zero-order chi connectivity index (χ0) is 15.8. The average Bonchev–Trinajstić information content (AvgIpc) is 2.37. The first-order valence-corrected chi connectivity index (χ1v) is 9.16. The summed E-state index contributed by atoms with van der Waals surface area (Å²) in [5, 5.41) is 0.472. The van der Waals surface area contributed by atoms with Crippen LogP contribution < -0.4 is 10.5 Å². The highest BCUT2D eigenvalue weighted by atomic mass is 127. The number of anilines is 2. The van der Waals surface area contributed by atoms with Crippen molar-refractivity contribution in [2.24, 2.45) is 0 Å². The monoisotopic (exact) mass is 504 g/mol. The predicted molar refractivity (Wildman–Crippen MR) is 93.5 cm³/mol. The lowest BCUT2D eigenvalue weighted by Gasteiger charge is -2.12. The second-order valence-corrected chi connectivity index (χ2v) is 8.15. The Bertz CT molecular complexity index is 817. The van der Waals surface area contributed by atoms with E-state index in [4.69, 9.17) is 17.3 Å². The SMILES string of the molecule is Nc1cc(Br)c(F)c(S(=O)(=O)Nc2ccc(Cl)cc2I)c1. The van der Waals surface area contributed by atoms with E-state index in [0.717, 1.165) is 6.07 Å². The van der Waals surface area contributed by atoms with E-state index in [0.29, 0.717) is 14.3 Å². The van der Waals surface area contributed by atoms with Crippen LogP contribution in [0.25, 0.3) is 0 Å². The fraction of sp³-hybridized carbons (Fsp3) is 0. The van der Waals surface area contributed by atoms with Crippen LogP contribution in [0, 0.1) is 9.39 Å². The maximum atomic E-state index is 14.0. The van der Waals surface area contributed by atoms with Crippen molar-refractivity contribution in [1.82, 2.24) is 0 Å². The van der Waals surface area contributed by atoms with Gasteiger partial charge in [0.15, 0.2) is 5.82 Å². The molecule has 21 heavy (non-hydrogen) atoms. The molecule has 2 aromatic rings. The van der Waals surface area contributed by atoms with Crippen molar-refractivity contribution >= 4 is 71.5 Å². The van der Waals surface area contributed by atoms with Crippen molar-refractivity contribution in [1.29, 1.82) is 0 Å². The van der Waals surface area contributed by atoms with Gasteiger partial charge in [0.25, 0.3) is 10.0 Å². The predicted octanol–water partition coefficient (Wildman–Crippen LogP) is 4.23. The molecule has 0 fully saturated rings. The van der Waals surface area contributed by atoms with Gasteiger partial charge in [0.1, 0.15) is 4.90 Å².